The minimum absolute atomic E-state index is 0.244. The lowest BCUT2D eigenvalue weighted by Crippen LogP contribution is -2.20. The molecule has 0 atom stereocenters. The number of hydrogen-bond acceptors (Lipinski definition) is 4. The first kappa shape index (κ1) is 19.6. The predicted octanol–water partition coefficient (Wildman–Crippen LogP) is 3.06. The van der Waals surface area contributed by atoms with Crippen LogP contribution in [0.2, 0.25) is 0 Å². The fourth-order valence-electron chi connectivity index (χ4n) is 2.55. The van der Waals surface area contributed by atoms with E-state index in [2.05, 4.69) is 10.6 Å². The topological polar surface area (TPSA) is 111 Å². The lowest BCUT2D eigenvalue weighted by Gasteiger charge is -2.10. The summed E-state index contributed by atoms with van der Waals surface area (Å²) >= 11 is 0. The molecule has 3 rings (SSSR count). The van der Waals surface area contributed by atoms with Crippen molar-refractivity contribution in [2.75, 3.05) is 17.2 Å². The molecular weight excluding hydrogens is 370 g/mol. The number of nitrogens with one attached hydrogen (secondary N) is 2. The van der Waals surface area contributed by atoms with Crippen LogP contribution in [0.1, 0.15) is 20.7 Å². The second-order valence-electron chi connectivity index (χ2n) is 6.13. The van der Waals surface area contributed by atoms with Gasteiger partial charge in [0.15, 0.2) is 6.61 Å². The molecule has 4 N–H and O–H groups in total. The van der Waals surface area contributed by atoms with E-state index in [0.717, 1.165) is 0 Å². The van der Waals surface area contributed by atoms with E-state index in [0.29, 0.717) is 28.3 Å². The average molecular weight is 389 g/mol. The summed E-state index contributed by atoms with van der Waals surface area (Å²) in [6.45, 7) is -0.247. The van der Waals surface area contributed by atoms with Crippen LogP contribution < -0.4 is 21.1 Å². The average Bonchev–Trinajstić information content (AvgIpc) is 2.73. The van der Waals surface area contributed by atoms with E-state index < -0.39 is 5.91 Å². The number of nitrogens with two attached hydrogens (primary N) is 1. The monoisotopic (exact) mass is 389 g/mol. The molecule has 7 nitrogen and oxygen atoms in total. The quantitative estimate of drug-likeness (QED) is 0.577. The minimum Gasteiger partial charge on any atom is -0.484 e. The SMILES string of the molecule is NC(=O)c1cccc(OCC(=O)Nc2cccc(NC(=O)c3ccccc3)c2)c1. The molecule has 0 spiro atoms. The lowest BCUT2D eigenvalue weighted by molar-refractivity contribution is -0.118. The minimum atomic E-state index is -0.575. The van der Waals surface area contributed by atoms with E-state index >= 15 is 0 Å². The molecule has 7 heteroatoms. The van der Waals surface area contributed by atoms with Gasteiger partial charge in [-0.1, -0.05) is 30.3 Å². The van der Waals surface area contributed by atoms with Crippen molar-refractivity contribution >= 4 is 29.1 Å². The zero-order valence-corrected chi connectivity index (χ0v) is 15.4. The summed E-state index contributed by atoms with van der Waals surface area (Å²) in [7, 11) is 0. The van der Waals surface area contributed by atoms with Crippen molar-refractivity contribution in [3.8, 4) is 5.75 Å². The summed E-state index contributed by atoms with van der Waals surface area (Å²) in [4.78, 5) is 35.6. The van der Waals surface area contributed by atoms with Crippen molar-refractivity contribution < 1.29 is 19.1 Å². The summed E-state index contributed by atoms with van der Waals surface area (Å²) in [6.07, 6.45) is 0. The number of benzene rings is 3. The smallest absolute Gasteiger partial charge is 0.262 e. The third-order valence-corrected chi connectivity index (χ3v) is 3.93. The highest BCUT2D eigenvalue weighted by molar-refractivity contribution is 6.04. The van der Waals surface area contributed by atoms with E-state index in [9.17, 15) is 14.4 Å². The maximum atomic E-state index is 12.2. The molecule has 0 aliphatic rings. The molecule has 0 bridgehead atoms. The largest absolute Gasteiger partial charge is 0.484 e. The van der Waals surface area contributed by atoms with Gasteiger partial charge >= 0.3 is 0 Å². The van der Waals surface area contributed by atoms with E-state index in [1.165, 1.54) is 6.07 Å². The Hall–Kier alpha value is -4.13. The molecular formula is C22H19N3O4. The van der Waals surface area contributed by atoms with Gasteiger partial charge in [0, 0.05) is 22.5 Å². The highest BCUT2D eigenvalue weighted by Crippen LogP contribution is 2.17. The van der Waals surface area contributed by atoms with Crippen molar-refractivity contribution in [3.05, 3.63) is 90.0 Å². The van der Waals surface area contributed by atoms with Gasteiger partial charge in [0.2, 0.25) is 5.91 Å². The Morgan fingerprint density at radius 2 is 1.41 bits per heavy atom. The van der Waals surface area contributed by atoms with Crippen LogP contribution in [-0.2, 0) is 4.79 Å². The van der Waals surface area contributed by atoms with Gasteiger partial charge in [-0.3, -0.25) is 14.4 Å². The molecule has 0 aliphatic carbocycles. The summed E-state index contributed by atoms with van der Waals surface area (Å²) < 4.78 is 5.39. The van der Waals surface area contributed by atoms with Crippen LogP contribution in [0.4, 0.5) is 11.4 Å². The van der Waals surface area contributed by atoms with E-state index in [1.54, 1.807) is 66.7 Å². The van der Waals surface area contributed by atoms with Crippen molar-refractivity contribution in [3.63, 3.8) is 0 Å². The van der Waals surface area contributed by atoms with Crippen molar-refractivity contribution in [2.24, 2.45) is 5.73 Å². The van der Waals surface area contributed by atoms with E-state index in [4.69, 9.17) is 10.5 Å². The first-order chi connectivity index (χ1) is 14.0. The van der Waals surface area contributed by atoms with Crippen LogP contribution in [-0.4, -0.2) is 24.3 Å². The molecule has 3 amide bonds. The second kappa shape index (κ2) is 9.18. The van der Waals surface area contributed by atoms with Crippen LogP contribution in [0.5, 0.6) is 5.75 Å². The molecule has 3 aromatic rings. The van der Waals surface area contributed by atoms with Gasteiger partial charge in [-0.25, -0.2) is 0 Å². The lowest BCUT2D eigenvalue weighted by atomic mass is 10.2. The van der Waals surface area contributed by atoms with Gasteiger partial charge in [-0.05, 0) is 48.5 Å². The Bertz CT molecular complexity index is 1030. The highest BCUT2D eigenvalue weighted by Gasteiger charge is 2.08. The van der Waals surface area contributed by atoms with E-state index in [1.807, 2.05) is 6.07 Å². The first-order valence-electron chi connectivity index (χ1n) is 8.80. The maximum absolute atomic E-state index is 12.2. The molecule has 0 aromatic heterocycles. The maximum Gasteiger partial charge on any atom is 0.262 e. The van der Waals surface area contributed by atoms with Crippen LogP contribution in [0.15, 0.2) is 78.9 Å². The molecule has 0 heterocycles. The number of anilines is 2. The number of hydrogen-bond donors (Lipinski definition) is 3. The third kappa shape index (κ3) is 5.67. The normalized spacial score (nSPS) is 10.1. The molecule has 0 unspecified atom stereocenters. The number of amides is 3. The van der Waals surface area contributed by atoms with Gasteiger partial charge in [0.1, 0.15) is 5.75 Å². The molecule has 3 aromatic carbocycles. The van der Waals surface area contributed by atoms with Crippen molar-refractivity contribution in [2.45, 2.75) is 0 Å². The fourth-order valence-corrected chi connectivity index (χ4v) is 2.55. The van der Waals surface area contributed by atoms with Gasteiger partial charge in [0.05, 0.1) is 0 Å². The summed E-state index contributed by atoms with van der Waals surface area (Å²) in [5, 5.41) is 5.48. The second-order valence-corrected chi connectivity index (χ2v) is 6.13. The van der Waals surface area contributed by atoms with Gasteiger partial charge < -0.3 is 21.1 Å². The fraction of sp³-hybridized carbons (Fsp3) is 0.0455. The molecule has 0 aliphatic heterocycles. The highest BCUT2D eigenvalue weighted by atomic mass is 16.5. The van der Waals surface area contributed by atoms with Gasteiger partial charge in [-0.15, -0.1) is 0 Å². The predicted molar refractivity (Wildman–Crippen MR) is 110 cm³/mol. The molecule has 0 fully saturated rings. The number of carbonyl (C=O) groups is 3. The third-order valence-electron chi connectivity index (χ3n) is 3.93. The Kier molecular flexibility index (Phi) is 6.22. The number of rotatable bonds is 7. The number of carbonyl (C=O) groups excluding carboxylic acids is 3. The van der Waals surface area contributed by atoms with Gasteiger partial charge in [0.25, 0.3) is 11.8 Å². The number of ether oxygens (including phenoxy) is 1. The Morgan fingerprint density at radius 3 is 2.14 bits per heavy atom. The molecule has 0 radical (unpaired) electrons. The molecule has 146 valence electrons. The van der Waals surface area contributed by atoms with Crippen LogP contribution in [0, 0.1) is 0 Å². The Labute approximate surface area is 167 Å². The molecule has 0 saturated heterocycles. The van der Waals surface area contributed by atoms with Crippen molar-refractivity contribution in [1.29, 1.82) is 0 Å². The Balaban J connectivity index is 1.57. The zero-order chi connectivity index (χ0) is 20.6. The molecule has 29 heavy (non-hydrogen) atoms. The van der Waals surface area contributed by atoms with Crippen LogP contribution in [0.25, 0.3) is 0 Å². The van der Waals surface area contributed by atoms with Gasteiger partial charge in [-0.2, -0.15) is 0 Å². The summed E-state index contributed by atoms with van der Waals surface area (Å²) in [6, 6.07) is 21.9. The van der Waals surface area contributed by atoms with E-state index in [-0.39, 0.29) is 18.4 Å². The first-order valence-corrected chi connectivity index (χ1v) is 8.80. The van der Waals surface area contributed by atoms with Crippen LogP contribution >= 0.6 is 0 Å². The van der Waals surface area contributed by atoms with Crippen LogP contribution in [0.3, 0.4) is 0 Å². The Morgan fingerprint density at radius 1 is 0.759 bits per heavy atom. The standard InChI is InChI=1S/C22H19N3O4/c23-21(27)16-8-4-11-19(12-16)29-14-20(26)24-17-9-5-10-18(13-17)25-22(28)15-6-2-1-3-7-15/h1-13H,14H2,(H2,23,27)(H,24,26)(H,25,28). The van der Waals surface area contributed by atoms with Crippen molar-refractivity contribution in [1.82, 2.24) is 0 Å². The number of primary amides is 1. The summed E-state index contributed by atoms with van der Waals surface area (Å²) in [5.74, 6) is -0.845. The molecule has 0 saturated carbocycles. The summed E-state index contributed by atoms with van der Waals surface area (Å²) in [5.41, 5.74) is 7.11. The zero-order valence-electron chi connectivity index (χ0n) is 15.4.